The Morgan fingerprint density at radius 1 is 1.64 bits per heavy atom. The van der Waals surface area contributed by atoms with Crippen molar-refractivity contribution in [2.24, 2.45) is 0 Å². The molecule has 0 bridgehead atoms. The number of hydrogen-bond acceptors (Lipinski definition) is 1. The van der Waals surface area contributed by atoms with Gasteiger partial charge in [0.2, 0.25) is 0 Å². The zero-order chi connectivity index (χ0) is 7.84. The number of fused-ring (bicyclic) bond motifs is 1. The highest BCUT2D eigenvalue weighted by Gasteiger charge is 2.27. The van der Waals surface area contributed by atoms with Crippen molar-refractivity contribution in [1.29, 1.82) is 0 Å². The Labute approximate surface area is 64.8 Å². The van der Waals surface area contributed by atoms with Gasteiger partial charge in [0.05, 0.1) is 6.04 Å². The maximum atomic E-state index is 11.2. The van der Waals surface area contributed by atoms with E-state index in [1.54, 1.807) is 0 Å². The average Bonchev–Trinajstić information content (AvgIpc) is 2.54. The van der Waals surface area contributed by atoms with Gasteiger partial charge < -0.3 is 10.3 Å². The highest BCUT2D eigenvalue weighted by molar-refractivity contribution is 5.97. The lowest BCUT2D eigenvalue weighted by atomic mass is 10.1. The van der Waals surface area contributed by atoms with Crippen molar-refractivity contribution in [1.82, 2.24) is 10.3 Å². The summed E-state index contributed by atoms with van der Waals surface area (Å²) in [5.41, 5.74) is 1.84. The molecule has 58 valence electrons. The second kappa shape index (κ2) is 2.12. The van der Waals surface area contributed by atoms with Crippen LogP contribution in [-0.2, 0) is 0 Å². The zero-order valence-corrected chi connectivity index (χ0v) is 6.35. The Balaban J connectivity index is 2.45. The number of nitrogens with one attached hydrogen (secondary N) is 2. The monoisotopic (exact) mass is 150 g/mol. The van der Waals surface area contributed by atoms with Crippen molar-refractivity contribution in [2.45, 2.75) is 19.4 Å². The van der Waals surface area contributed by atoms with E-state index in [9.17, 15) is 4.79 Å². The number of carbonyl (C=O) groups is 1. The van der Waals surface area contributed by atoms with Crippen molar-refractivity contribution in [2.75, 3.05) is 0 Å². The number of aromatic nitrogens is 1. The summed E-state index contributed by atoms with van der Waals surface area (Å²) in [7, 11) is 0. The maximum Gasteiger partial charge on any atom is 0.268 e. The topological polar surface area (TPSA) is 44.9 Å². The lowest BCUT2D eigenvalue weighted by Crippen LogP contribution is -2.18. The minimum atomic E-state index is 0.0249. The maximum absolute atomic E-state index is 11.2. The smallest absolute Gasteiger partial charge is 0.268 e. The minimum Gasteiger partial charge on any atom is -0.357 e. The van der Waals surface area contributed by atoms with E-state index < -0.39 is 0 Å². The highest BCUT2D eigenvalue weighted by Crippen LogP contribution is 2.25. The van der Waals surface area contributed by atoms with Gasteiger partial charge in [-0.2, -0.15) is 0 Å². The fourth-order valence-corrected chi connectivity index (χ4v) is 1.50. The standard InChI is InChI=1S/C8H10N2O/c1-2-6-5-3-4-9-7(5)8(11)10-6/h3-4,6,9H,2H2,1H3,(H,10,11). The molecule has 0 saturated heterocycles. The van der Waals surface area contributed by atoms with Crippen LogP contribution in [0.5, 0.6) is 0 Å². The van der Waals surface area contributed by atoms with Crippen molar-refractivity contribution < 1.29 is 4.79 Å². The first-order chi connectivity index (χ1) is 5.33. The molecule has 2 N–H and O–H groups in total. The first kappa shape index (κ1) is 6.46. The van der Waals surface area contributed by atoms with Gasteiger partial charge in [0, 0.05) is 11.8 Å². The van der Waals surface area contributed by atoms with Crippen molar-refractivity contribution in [3.05, 3.63) is 23.5 Å². The van der Waals surface area contributed by atoms with Crippen LogP contribution in [0.4, 0.5) is 0 Å². The molecular formula is C8H10N2O. The largest absolute Gasteiger partial charge is 0.357 e. The fourth-order valence-electron chi connectivity index (χ4n) is 1.50. The van der Waals surface area contributed by atoms with Gasteiger partial charge in [-0.25, -0.2) is 0 Å². The first-order valence-electron chi connectivity index (χ1n) is 3.81. The molecule has 1 aromatic rings. The molecule has 1 aliphatic heterocycles. The summed E-state index contributed by atoms with van der Waals surface area (Å²) in [4.78, 5) is 14.1. The van der Waals surface area contributed by atoms with E-state index in [0.29, 0.717) is 0 Å². The number of H-pyrrole nitrogens is 1. The van der Waals surface area contributed by atoms with Crippen LogP contribution in [0.25, 0.3) is 0 Å². The lowest BCUT2D eigenvalue weighted by Gasteiger charge is -2.04. The van der Waals surface area contributed by atoms with Gasteiger partial charge in [0.1, 0.15) is 5.69 Å². The molecular weight excluding hydrogens is 140 g/mol. The molecule has 0 aromatic carbocycles. The zero-order valence-electron chi connectivity index (χ0n) is 6.35. The van der Waals surface area contributed by atoms with E-state index in [2.05, 4.69) is 17.2 Å². The number of amides is 1. The second-order valence-corrected chi connectivity index (χ2v) is 2.74. The summed E-state index contributed by atoms with van der Waals surface area (Å²) in [6.07, 6.45) is 2.77. The quantitative estimate of drug-likeness (QED) is 0.621. The Morgan fingerprint density at radius 2 is 2.45 bits per heavy atom. The van der Waals surface area contributed by atoms with E-state index in [0.717, 1.165) is 17.7 Å². The Bertz CT molecular complexity index is 290. The van der Waals surface area contributed by atoms with Crippen molar-refractivity contribution in [3.8, 4) is 0 Å². The molecule has 0 fully saturated rings. The summed E-state index contributed by atoms with van der Waals surface area (Å²) in [6, 6.07) is 2.19. The SMILES string of the molecule is CCC1NC(=O)c2[nH]ccc21. The Morgan fingerprint density at radius 3 is 3.18 bits per heavy atom. The van der Waals surface area contributed by atoms with Crippen LogP contribution in [0.15, 0.2) is 12.3 Å². The fraction of sp³-hybridized carbons (Fsp3) is 0.375. The van der Waals surface area contributed by atoms with Gasteiger partial charge in [-0.3, -0.25) is 4.79 Å². The normalized spacial score (nSPS) is 21.5. The Hall–Kier alpha value is -1.25. The van der Waals surface area contributed by atoms with E-state index in [4.69, 9.17) is 0 Å². The van der Waals surface area contributed by atoms with Crippen LogP contribution in [0, 0.1) is 0 Å². The van der Waals surface area contributed by atoms with Crippen LogP contribution >= 0.6 is 0 Å². The van der Waals surface area contributed by atoms with Gasteiger partial charge in [-0.1, -0.05) is 6.92 Å². The number of rotatable bonds is 1. The van der Waals surface area contributed by atoms with Crippen LogP contribution in [0.2, 0.25) is 0 Å². The van der Waals surface area contributed by atoms with Crippen LogP contribution in [0.3, 0.4) is 0 Å². The van der Waals surface area contributed by atoms with Gasteiger partial charge in [0.25, 0.3) is 5.91 Å². The second-order valence-electron chi connectivity index (χ2n) is 2.74. The third kappa shape index (κ3) is 0.770. The molecule has 1 unspecified atom stereocenters. The third-order valence-electron chi connectivity index (χ3n) is 2.10. The third-order valence-corrected chi connectivity index (χ3v) is 2.10. The highest BCUT2D eigenvalue weighted by atomic mass is 16.2. The molecule has 1 amide bonds. The first-order valence-corrected chi connectivity index (χ1v) is 3.81. The molecule has 0 spiro atoms. The summed E-state index contributed by atoms with van der Waals surface area (Å²) in [5, 5.41) is 2.88. The van der Waals surface area contributed by atoms with Crippen LogP contribution < -0.4 is 5.32 Å². The molecule has 3 nitrogen and oxygen atoms in total. The van der Waals surface area contributed by atoms with Gasteiger partial charge >= 0.3 is 0 Å². The number of carbonyl (C=O) groups excluding carboxylic acids is 1. The predicted molar refractivity (Wildman–Crippen MR) is 41.3 cm³/mol. The van der Waals surface area contributed by atoms with Gasteiger partial charge in [-0.15, -0.1) is 0 Å². The minimum absolute atomic E-state index is 0.0249. The molecule has 0 radical (unpaired) electrons. The summed E-state index contributed by atoms with van der Waals surface area (Å²) in [6.45, 7) is 2.06. The van der Waals surface area contributed by atoms with Crippen molar-refractivity contribution >= 4 is 5.91 Å². The van der Waals surface area contributed by atoms with E-state index >= 15 is 0 Å². The molecule has 3 heteroatoms. The van der Waals surface area contributed by atoms with Crippen molar-refractivity contribution in [3.63, 3.8) is 0 Å². The summed E-state index contributed by atoms with van der Waals surface area (Å²) in [5.74, 6) is 0.0249. The molecule has 11 heavy (non-hydrogen) atoms. The summed E-state index contributed by atoms with van der Waals surface area (Å²) < 4.78 is 0. The van der Waals surface area contributed by atoms with Gasteiger partial charge in [-0.05, 0) is 12.5 Å². The van der Waals surface area contributed by atoms with E-state index in [1.165, 1.54) is 0 Å². The predicted octanol–water partition coefficient (Wildman–Crippen LogP) is 1.21. The lowest BCUT2D eigenvalue weighted by molar-refractivity contribution is 0.0951. The van der Waals surface area contributed by atoms with E-state index in [1.807, 2.05) is 12.3 Å². The molecule has 1 aromatic heterocycles. The molecule has 2 rings (SSSR count). The molecule has 2 heterocycles. The summed E-state index contributed by atoms with van der Waals surface area (Å²) >= 11 is 0. The number of aromatic amines is 1. The molecule has 0 aliphatic carbocycles. The molecule has 1 aliphatic rings. The molecule has 0 saturated carbocycles. The average molecular weight is 150 g/mol. The van der Waals surface area contributed by atoms with Crippen LogP contribution in [-0.4, -0.2) is 10.9 Å². The molecule has 1 atom stereocenters. The Kier molecular flexibility index (Phi) is 1.24. The van der Waals surface area contributed by atoms with Crippen LogP contribution in [0.1, 0.15) is 35.4 Å². The number of hydrogen-bond donors (Lipinski definition) is 2. The van der Waals surface area contributed by atoms with Gasteiger partial charge in [0.15, 0.2) is 0 Å². The van der Waals surface area contributed by atoms with E-state index in [-0.39, 0.29) is 11.9 Å².